The largest absolute Gasteiger partial charge is 0.350 e. The Morgan fingerprint density at radius 1 is 0.867 bits per heavy atom. The summed E-state index contributed by atoms with van der Waals surface area (Å²) in [5.74, 6) is -0.892. The first-order chi connectivity index (χ1) is 21.2. The normalized spacial score (nSPS) is 12.3. The average Bonchev–Trinajstić information content (AvgIpc) is 2.98. The van der Waals surface area contributed by atoms with Crippen LogP contribution < -0.4 is 9.62 Å². The predicted molar refractivity (Wildman–Crippen MR) is 184 cm³/mol. The molecule has 0 fully saturated rings. The van der Waals surface area contributed by atoms with E-state index in [9.17, 15) is 18.0 Å². The van der Waals surface area contributed by atoms with Crippen LogP contribution >= 0.6 is 27.5 Å². The van der Waals surface area contributed by atoms with Gasteiger partial charge in [-0.05, 0) is 87.4 Å². The Kier molecular flexibility index (Phi) is 11.1. The molecule has 45 heavy (non-hydrogen) atoms. The molecule has 10 heteroatoms. The van der Waals surface area contributed by atoms with Gasteiger partial charge in [0.2, 0.25) is 11.8 Å². The highest BCUT2D eigenvalue weighted by molar-refractivity contribution is 9.10. The van der Waals surface area contributed by atoms with E-state index >= 15 is 0 Å². The van der Waals surface area contributed by atoms with Gasteiger partial charge in [-0.25, -0.2) is 8.42 Å². The Labute approximate surface area is 279 Å². The molecule has 0 aliphatic rings. The molecule has 1 atom stereocenters. The number of anilines is 1. The number of hydrogen-bond donors (Lipinski definition) is 1. The molecule has 236 valence electrons. The predicted octanol–water partition coefficient (Wildman–Crippen LogP) is 7.16. The SMILES string of the molecule is Cc1ccc(S(=O)(=O)N(CC(=O)N(Cc2cccc(Cl)c2)[C@@H](Cc2ccccc2)C(=O)NC(C)(C)C)c2ccc(Br)cc2)cc1. The molecule has 0 spiro atoms. The number of benzene rings is 4. The summed E-state index contributed by atoms with van der Waals surface area (Å²) in [6.45, 7) is 6.99. The molecular weight excluding hydrogens is 674 g/mol. The van der Waals surface area contributed by atoms with E-state index in [1.54, 1.807) is 54.6 Å². The van der Waals surface area contributed by atoms with Gasteiger partial charge in [-0.2, -0.15) is 0 Å². The summed E-state index contributed by atoms with van der Waals surface area (Å²) in [4.78, 5) is 30.0. The lowest BCUT2D eigenvalue weighted by Crippen LogP contribution is -2.56. The number of nitrogens with zero attached hydrogens (tertiary/aromatic N) is 2. The van der Waals surface area contributed by atoms with E-state index in [-0.39, 0.29) is 23.8 Å². The van der Waals surface area contributed by atoms with Crippen molar-refractivity contribution < 1.29 is 18.0 Å². The average molecular weight is 711 g/mol. The second-order valence-corrected chi connectivity index (χ2v) is 15.1. The van der Waals surface area contributed by atoms with Crippen molar-refractivity contribution in [2.45, 2.75) is 57.1 Å². The third-order valence-electron chi connectivity index (χ3n) is 7.01. The Balaban J connectivity index is 1.81. The number of carbonyl (C=O) groups is 2. The van der Waals surface area contributed by atoms with Crippen LogP contribution in [0.3, 0.4) is 0 Å². The van der Waals surface area contributed by atoms with Crippen LogP contribution in [0, 0.1) is 6.92 Å². The quantitative estimate of drug-likeness (QED) is 0.179. The van der Waals surface area contributed by atoms with Gasteiger partial charge in [-0.3, -0.25) is 13.9 Å². The molecule has 0 bridgehead atoms. The van der Waals surface area contributed by atoms with Crippen LogP contribution in [-0.2, 0) is 32.6 Å². The fourth-order valence-electron chi connectivity index (χ4n) is 4.81. The highest BCUT2D eigenvalue weighted by atomic mass is 79.9. The van der Waals surface area contributed by atoms with E-state index in [2.05, 4.69) is 21.2 Å². The van der Waals surface area contributed by atoms with Crippen LogP contribution in [0.15, 0.2) is 112 Å². The Hall–Kier alpha value is -3.66. The van der Waals surface area contributed by atoms with E-state index < -0.39 is 34.1 Å². The number of nitrogens with one attached hydrogen (secondary N) is 1. The second-order valence-electron chi connectivity index (χ2n) is 11.9. The van der Waals surface area contributed by atoms with Gasteiger partial charge in [0, 0.05) is 28.0 Å². The Morgan fingerprint density at radius 2 is 1.49 bits per heavy atom. The minimum atomic E-state index is -4.18. The number of halogens is 2. The van der Waals surface area contributed by atoms with Gasteiger partial charge in [-0.15, -0.1) is 0 Å². The van der Waals surface area contributed by atoms with Crippen molar-refractivity contribution in [2.24, 2.45) is 0 Å². The fraction of sp³-hybridized carbons (Fsp3) is 0.257. The van der Waals surface area contributed by atoms with Crippen LogP contribution in [0.5, 0.6) is 0 Å². The summed E-state index contributed by atoms with van der Waals surface area (Å²) in [5, 5.41) is 3.51. The third kappa shape index (κ3) is 9.42. The molecule has 4 aromatic rings. The van der Waals surface area contributed by atoms with Crippen LogP contribution in [0.1, 0.15) is 37.5 Å². The lowest BCUT2D eigenvalue weighted by molar-refractivity contribution is -0.140. The van der Waals surface area contributed by atoms with Crippen molar-refractivity contribution in [3.8, 4) is 0 Å². The molecule has 1 N–H and O–H groups in total. The van der Waals surface area contributed by atoms with Crippen LogP contribution in [-0.4, -0.2) is 43.3 Å². The summed E-state index contributed by atoms with van der Waals surface area (Å²) in [5.41, 5.74) is 2.20. The van der Waals surface area contributed by atoms with E-state index in [0.29, 0.717) is 16.3 Å². The molecular formula is C35H37BrClN3O4S. The molecule has 0 aliphatic heterocycles. The Morgan fingerprint density at radius 3 is 2.09 bits per heavy atom. The van der Waals surface area contributed by atoms with E-state index in [1.165, 1.54) is 17.0 Å². The maximum atomic E-state index is 14.5. The first kappa shape index (κ1) is 34.2. The summed E-state index contributed by atoms with van der Waals surface area (Å²) in [6.07, 6.45) is 0.220. The number of hydrogen-bond acceptors (Lipinski definition) is 4. The highest BCUT2D eigenvalue weighted by Crippen LogP contribution is 2.27. The molecule has 4 aromatic carbocycles. The summed E-state index contributed by atoms with van der Waals surface area (Å²) in [7, 11) is -4.18. The van der Waals surface area contributed by atoms with Crippen molar-refractivity contribution in [3.05, 3.63) is 129 Å². The topological polar surface area (TPSA) is 86.8 Å². The van der Waals surface area contributed by atoms with Gasteiger partial charge < -0.3 is 10.2 Å². The van der Waals surface area contributed by atoms with Gasteiger partial charge in [0.25, 0.3) is 10.0 Å². The monoisotopic (exact) mass is 709 g/mol. The number of rotatable bonds is 11. The first-order valence-electron chi connectivity index (χ1n) is 14.5. The standard InChI is InChI=1S/C35H37BrClN3O4S/c1-25-13-19-31(20-14-25)45(43,44)40(30-17-15-28(36)16-18-30)24-33(41)39(23-27-11-8-12-29(37)21-27)32(34(42)38-35(2,3)4)22-26-9-6-5-7-10-26/h5-21,32H,22-24H2,1-4H3,(H,38,42)/t32-/m0/s1. The molecule has 2 amide bonds. The smallest absolute Gasteiger partial charge is 0.264 e. The number of carbonyl (C=O) groups excluding carboxylic acids is 2. The molecule has 0 unspecified atom stereocenters. The summed E-state index contributed by atoms with van der Waals surface area (Å²) < 4.78 is 30.1. The van der Waals surface area contributed by atoms with Gasteiger partial charge >= 0.3 is 0 Å². The van der Waals surface area contributed by atoms with Gasteiger partial charge in [0.05, 0.1) is 10.6 Å². The van der Waals surface area contributed by atoms with Gasteiger partial charge in [0.15, 0.2) is 0 Å². The maximum absolute atomic E-state index is 14.5. The number of amides is 2. The van der Waals surface area contributed by atoms with Crippen molar-refractivity contribution >= 4 is 55.1 Å². The molecule has 0 radical (unpaired) electrons. The minimum Gasteiger partial charge on any atom is -0.350 e. The zero-order valence-corrected chi connectivity index (χ0v) is 28.9. The zero-order chi connectivity index (χ0) is 32.8. The maximum Gasteiger partial charge on any atom is 0.264 e. The molecule has 0 aromatic heterocycles. The van der Waals surface area contributed by atoms with Crippen LogP contribution in [0.25, 0.3) is 0 Å². The van der Waals surface area contributed by atoms with Gasteiger partial charge in [0.1, 0.15) is 12.6 Å². The summed E-state index contributed by atoms with van der Waals surface area (Å²) in [6, 6.07) is 28.7. The molecule has 0 saturated carbocycles. The van der Waals surface area contributed by atoms with Crippen molar-refractivity contribution in [2.75, 3.05) is 10.8 Å². The fourth-order valence-corrected chi connectivity index (χ4v) is 6.70. The molecule has 4 rings (SSSR count). The first-order valence-corrected chi connectivity index (χ1v) is 17.1. The molecule has 0 aliphatic carbocycles. The Bertz CT molecular complexity index is 1730. The molecule has 0 heterocycles. The van der Waals surface area contributed by atoms with Crippen molar-refractivity contribution in [1.82, 2.24) is 10.2 Å². The highest BCUT2D eigenvalue weighted by Gasteiger charge is 2.35. The van der Waals surface area contributed by atoms with Crippen molar-refractivity contribution in [3.63, 3.8) is 0 Å². The van der Waals surface area contributed by atoms with Crippen molar-refractivity contribution in [1.29, 1.82) is 0 Å². The molecule has 7 nitrogen and oxygen atoms in total. The second kappa shape index (κ2) is 14.6. The number of aryl methyl sites for hydroxylation is 1. The van der Waals surface area contributed by atoms with E-state index in [4.69, 9.17) is 11.6 Å². The molecule has 0 saturated heterocycles. The van der Waals surface area contributed by atoms with Crippen LogP contribution in [0.2, 0.25) is 5.02 Å². The van der Waals surface area contributed by atoms with E-state index in [0.717, 1.165) is 19.9 Å². The summed E-state index contributed by atoms with van der Waals surface area (Å²) >= 11 is 9.72. The van der Waals surface area contributed by atoms with Gasteiger partial charge in [-0.1, -0.05) is 87.7 Å². The zero-order valence-electron chi connectivity index (χ0n) is 25.7. The lowest BCUT2D eigenvalue weighted by Gasteiger charge is -2.35. The van der Waals surface area contributed by atoms with E-state index in [1.807, 2.05) is 64.1 Å². The number of sulfonamides is 1. The lowest BCUT2D eigenvalue weighted by atomic mass is 10.0. The third-order valence-corrected chi connectivity index (χ3v) is 9.57. The van der Waals surface area contributed by atoms with Crippen LogP contribution in [0.4, 0.5) is 5.69 Å². The minimum absolute atomic E-state index is 0.0349.